The van der Waals surface area contributed by atoms with Crippen LogP contribution in [0.3, 0.4) is 0 Å². The van der Waals surface area contributed by atoms with Crippen LogP contribution in [0.25, 0.3) is 0 Å². The molecule has 0 spiro atoms. The van der Waals surface area contributed by atoms with E-state index in [9.17, 15) is 9.50 Å². The molecule has 1 rings (SSSR count). The van der Waals surface area contributed by atoms with Gasteiger partial charge in [0, 0.05) is 0 Å². The van der Waals surface area contributed by atoms with Crippen molar-refractivity contribution in [1.82, 2.24) is 0 Å². The Labute approximate surface area is 87.9 Å². The van der Waals surface area contributed by atoms with Gasteiger partial charge in [-0.3, -0.25) is 0 Å². The van der Waals surface area contributed by atoms with E-state index < -0.39 is 12.0 Å². The fraction of sp³-hybridized carbons (Fsp3) is 0.200. The summed E-state index contributed by atoms with van der Waals surface area (Å²) < 4.78 is 10.0. The van der Waals surface area contributed by atoms with E-state index in [0.717, 1.165) is 11.7 Å². The SMILES string of the molecule is O=BC=NC(Cc1ccccc1)C(=O)O. The zero-order valence-electron chi connectivity index (χ0n) is 8.04. The van der Waals surface area contributed by atoms with E-state index in [4.69, 9.17) is 5.11 Å². The molecule has 1 atom stereocenters. The Hall–Kier alpha value is -1.78. The van der Waals surface area contributed by atoms with Crippen LogP contribution in [0.4, 0.5) is 0 Å². The molecule has 0 aliphatic carbocycles. The molecule has 1 aromatic rings. The van der Waals surface area contributed by atoms with Crippen molar-refractivity contribution in [3.63, 3.8) is 0 Å². The van der Waals surface area contributed by atoms with E-state index in [1.807, 2.05) is 30.3 Å². The molecule has 0 heterocycles. The molecule has 1 aromatic carbocycles. The van der Waals surface area contributed by atoms with Crippen molar-refractivity contribution < 1.29 is 14.6 Å². The van der Waals surface area contributed by atoms with E-state index in [-0.39, 0.29) is 0 Å². The first-order valence-corrected chi connectivity index (χ1v) is 4.47. The molecule has 0 saturated heterocycles. The summed E-state index contributed by atoms with van der Waals surface area (Å²) in [6.45, 7) is 0. The van der Waals surface area contributed by atoms with Crippen LogP contribution in [-0.2, 0) is 15.9 Å². The molecule has 0 amide bonds. The van der Waals surface area contributed by atoms with E-state index in [1.54, 1.807) is 0 Å². The third-order valence-corrected chi connectivity index (χ3v) is 1.88. The first-order chi connectivity index (χ1) is 7.24. The van der Waals surface area contributed by atoms with Crippen molar-refractivity contribution in [3.8, 4) is 0 Å². The van der Waals surface area contributed by atoms with Gasteiger partial charge in [-0.05, 0) is 0 Å². The van der Waals surface area contributed by atoms with E-state index in [0.29, 0.717) is 13.6 Å². The Morgan fingerprint density at radius 3 is 2.67 bits per heavy atom. The van der Waals surface area contributed by atoms with E-state index in [1.165, 1.54) is 0 Å². The fourth-order valence-electron chi connectivity index (χ4n) is 1.18. The summed E-state index contributed by atoms with van der Waals surface area (Å²) in [6, 6.07) is 8.28. The molecule has 76 valence electrons. The second-order valence-corrected chi connectivity index (χ2v) is 2.98. The van der Waals surface area contributed by atoms with Gasteiger partial charge in [0.15, 0.2) is 0 Å². The summed E-state index contributed by atoms with van der Waals surface area (Å²) in [5, 5.41) is 8.83. The van der Waals surface area contributed by atoms with Gasteiger partial charge < -0.3 is 0 Å². The number of carbonyl (C=O) groups is 1. The molecule has 1 unspecified atom stereocenters. The zero-order valence-corrected chi connectivity index (χ0v) is 8.04. The minimum absolute atomic E-state index is 0.292. The van der Waals surface area contributed by atoms with Crippen molar-refractivity contribution in [3.05, 3.63) is 35.9 Å². The summed E-state index contributed by atoms with van der Waals surface area (Å²) in [6.07, 6.45) is 1.27. The predicted molar refractivity (Wildman–Crippen MR) is 56.5 cm³/mol. The van der Waals surface area contributed by atoms with Crippen LogP contribution in [-0.4, -0.2) is 30.4 Å². The normalized spacial score (nSPS) is 12.3. The Morgan fingerprint density at radius 2 is 2.13 bits per heavy atom. The van der Waals surface area contributed by atoms with Crippen molar-refractivity contribution in [1.29, 1.82) is 0 Å². The molecule has 5 heteroatoms. The molecule has 0 bridgehead atoms. The van der Waals surface area contributed by atoms with Crippen molar-refractivity contribution >= 4 is 19.2 Å². The number of carboxylic acids is 1. The van der Waals surface area contributed by atoms with Gasteiger partial charge in [0.05, 0.1) is 0 Å². The summed E-state index contributed by atoms with van der Waals surface area (Å²) in [7, 11) is 0.473. The summed E-state index contributed by atoms with van der Waals surface area (Å²) in [5.41, 5.74) is 0.882. The molecule has 1 N–H and O–H groups in total. The number of aliphatic imine (C=N–C) groups is 1. The Bertz CT molecular complexity index is 364. The first-order valence-electron chi connectivity index (χ1n) is 4.47. The van der Waals surface area contributed by atoms with Crippen molar-refractivity contribution in [2.75, 3.05) is 0 Å². The molecule has 0 radical (unpaired) electrons. The summed E-state index contributed by atoms with van der Waals surface area (Å²) in [5.74, 6) is -1.03. The number of hydrogen-bond donors (Lipinski definition) is 1. The number of aliphatic carboxylic acids is 1. The standard InChI is InChI=1S/C10H10BNO3/c13-10(14)9(12-7-11-15)6-8-4-2-1-3-5-8/h1-5,7,9H,6H2,(H,13,14). The zero-order chi connectivity index (χ0) is 11.1. The number of hydrogen-bond acceptors (Lipinski definition) is 3. The Balaban J connectivity index is 2.71. The molecule has 0 aliphatic heterocycles. The average molecular weight is 203 g/mol. The van der Waals surface area contributed by atoms with Gasteiger partial charge in [-0.1, -0.05) is 0 Å². The van der Waals surface area contributed by atoms with Gasteiger partial charge in [-0.15, -0.1) is 0 Å². The van der Waals surface area contributed by atoms with Crippen LogP contribution < -0.4 is 0 Å². The van der Waals surface area contributed by atoms with Gasteiger partial charge >= 0.3 is 87.2 Å². The number of benzene rings is 1. The van der Waals surface area contributed by atoms with Gasteiger partial charge in [0.25, 0.3) is 0 Å². The second kappa shape index (κ2) is 5.85. The monoisotopic (exact) mass is 203 g/mol. The van der Waals surface area contributed by atoms with Gasteiger partial charge in [0.2, 0.25) is 0 Å². The van der Waals surface area contributed by atoms with Gasteiger partial charge in [0.1, 0.15) is 0 Å². The molecular weight excluding hydrogens is 193 g/mol. The molecule has 0 saturated carbocycles. The van der Waals surface area contributed by atoms with Gasteiger partial charge in [-0.2, -0.15) is 0 Å². The molecular formula is C10H10BNO3. The quantitative estimate of drug-likeness (QED) is 0.567. The number of nitrogens with zero attached hydrogens (tertiary/aromatic N) is 1. The van der Waals surface area contributed by atoms with Crippen LogP contribution in [0, 0.1) is 0 Å². The number of rotatable bonds is 5. The van der Waals surface area contributed by atoms with E-state index >= 15 is 0 Å². The first kappa shape index (κ1) is 11.3. The number of carboxylic acid groups (broad SMARTS) is 1. The van der Waals surface area contributed by atoms with Crippen LogP contribution in [0.2, 0.25) is 0 Å². The molecule has 4 nitrogen and oxygen atoms in total. The van der Waals surface area contributed by atoms with E-state index in [2.05, 4.69) is 4.99 Å². The van der Waals surface area contributed by atoms with Crippen molar-refractivity contribution in [2.24, 2.45) is 4.99 Å². The van der Waals surface area contributed by atoms with Crippen LogP contribution in [0.5, 0.6) is 0 Å². The summed E-state index contributed by atoms with van der Waals surface area (Å²) >= 11 is 0. The topological polar surface area (TPSA) is 66.7 Å². The van der Waals surface area contributed by atoms with Crippen molar-refractivity contribution in [2.45, 2.75) is 12.5 Å². The minimum atomic E-state index is -1.03. The van der Waals surface area contributed by atoms with Gasteiger partial charge in [-0.25, -0.2) is 0 Å². The molecule has 0 aliphatic rings. The van der Waals surface area contributed by atoms with Crippen LogP contribution in [0.1, 0.15) is 5.56 Å². The summed E-state index contributed by atoms with van der Waals surface area (Å²) in [4.78, 5) is 14.4. The predicted octanol–water partition coefficient (Wildman–Crippen LogP) is 0.760. The molecule has 0 aromatic heterocycles. The average Bonchev–Trinajstić information content (AvgIpc) is 2.25. The Morgan fingerprint density at radius 1 is 1.47 bits per heavy atom. The maximum absolute atomic E-state index is 10.8. The third kappa shape index (κ3) is 3.85. The Kier molecular flexibility index (Phi) is 4.41. The third-order valence-electron chi connectivity index (χ3n) is 1.88. The van der Waals surface area contributed by atoms with Crippen LogP contribution in [0.15, 0.2) is 35.3 Å². The maximum atomic E-state index is 10.8. The fourth-order valence-corrected chi connectivity index (χ4v) is 1.18. The molecule has 15 heavy (non-hydrogen) atoms. The molecule has 0 fully saturated rings. The van der Waals surface area contributed by atoms with Crippen LogP contribution >= 0.6 is 0 Å². The second-order valence-electron chi connectivity index (χ2n) is 2.98.